The summed E-state index contributed by atoms with van der Waals surface area (Å²) in [6.07, 6.45) is 5.06. The minimum Gasteiger partial charge on any atom is -0.329 e. The molecule has 0 radical (unpaired) electrons. The van der Waals surface area contributed by atoms with Crippen LogP contribution in [0.25, 0.3) is 0 Å². The lowest BCUT2D eigenvalue weighted by Crippen LogP contribution is -2.55. The molecule has 0 bridgehead atoms. The van der Waals surface area contributed by atoms with Crippen LogP contribution in [0.15, 0.2) is 24.3 Å². The summed E-state index contributed by atoms with van der Waals surface area (Å²) in [5.41, 5.74) is 9.52. The van der Waals surface area contributed by atoms with Crippen LogP contribution in [0.2, 0.25) is 0 Å². The lowest BCUT2D eigenvalue weighted by atomic mass is 9.67. The Balaban J connectivity index is 2.14. The largest absolute Gasteiger partial charge is 0.329 e. The van der Waals surface area contributed by atoms with Gasteiger partial charge in [-0.15, -0.1) is 0 Å². The van der Waals surface area contributed by atoms with Crippen molar-refractivity contribution in [3.63, 3.8) is 0 Å². The molecule has 2 nitrogen and oxygen atoms in total. The van der Waals surface area contributed by atoms with Crippen LogP contribution in [0.4, 0.5) is 0 Å². The van der Waals surface area contributed by atoms with Gasteiger partial charge in [-0.05, 0) is 44.2 Å². The van der Waals surface area contributed by atoms with Gasteiger partial charge in [0.1, 0.15) is 0 Å². The van der Waals surface area contributed by atoms with Crippen LogP contribution in [0.1, 0.15) is 50.7 Å². The molecule has 1 aliphatic rings. The Bertz CT molecular complexity index is 452. The Morgan fingerprint density at radius 2 is 2.00 bits per heavy atom. The van der Waals surface area contributed by atoms with E-state index in [4.69, 9.17) is 5.73 Å². The Labute approximate surface area is 124 Å². The third kappa shape index (κ3) is 3.42. The van der Waals surface area contributed by atoms with Crippen LogP contribution in [0.3, 0.4) is 0 Å². The molecule has 1 fully saturated rings. The Kier molecular flexibility index (Phi) is 4.55. The summed E-state index contributed by atoms with van der Waals surface area (Å²) in [5, 5.41) is 0. The van der Waals surface area contributed by atoms with Gasteiger partial charge >= 0.3 is 0 Å². The molecule has 2 rings (SSSR count). The first-order valence-corrected chi connectivity index (χ1v) is 7.84. The highest BCUT2D eigenvalue weighted by molar-refractivity contribution is 5.22. The van der Waals surface area contributed by atoms with Crippen molar-refractivity contribution in [2.24, 2.45) is 11.1 Å². The molecule has 20 heavy (non-hydrogen) atoms. The van der Waals surface area contributed by atoms with Gasteiger partial charge in [-0.25, -0.2) is 0 Å². The molecule has 2 heteroatoms. The summed E-state index contributed by atoms with van der Waals surface area (Å²) in [6, 6.07) is 8.82. The van der Waals surface area contributed by atoms with Crippen molar-refractivity contribution >= 4 is 0 Å². The second kappa shape index (κ2) is 5.87. The molecule has 0 saturated heterocycles. The maximum Gasteiger partial charge on any atom is 0.0337 e. The first kappa shape index (κ1) is 15.5. The number of nitrogens with two attached hydrogens (primary N) is 1. The first-order valence-electron chi connectivity index (χ1n) is 7.84. The molecule has 1 aromatic rings. The van der Waals surface area contributed by atoms with Crippen molar-refractivity contribution < 1.29 is 0 Å². The molecular formula is C18H30N2. The quantitative estimate of drug-likeness (QED) is 0.906. The van der Waals surface area contributed by atoms with Gasteiger partial charge in [-0.2, -0.15) is 0 Å². The van der Waals surface area contributed by atoms with E-state index in [2.05, 4.69) is 57.0 Å². The van der Waals surface area contributed by atoms with Gasteiger partial charge in [0.25, 0.3) is 0 Å². The fourth-order valence-electron chi connectivity index (χ4n) is 3.87. The number of aryl methyl sites for hydroxylation is 1. The van der Waals surface area contributed by atoms with Crippen LogP contribution in [-0.4, -0.2) is 24.0 Å². The summed E-state index contributed by atoms with van der Waals surface area (Å²) in [4.78, 5) is 2.50. The maximum absolute atomic E-state index is 6.20. The molecule has 0 heterocycles. The number of likely N-dealkylation sites (N-methyl/N-ethyl adjacent to an activating group) is 1. The Morgan fingerprint density at radius 3 is 2.60 bits per heavy atom. The summed E-state index contributed by atoms with van der Waals surface area (Å²) in [6.45, 7) is 8.69. The molecule has 0 aromatic heterocycles. The molecule has 1 atom stereocenters. The normalized spacial score (nSPS) is 25.9. The third-order valence-corrected chi connectivity index (χ3v) is 5.00. The number of rotatable bonds is 4. The van der Waals surface area contributed by atoms with Gasteiger partial charge in [0.2, 0.25) is 0 Å². The van der Waals surface area contributed by atoms with Crippen LogP contribution < -0.4 is 5.73 Å². The van der Waals surface area contributed by atoms with E-state index in [1.54, 1.807) is 0 Å². The van der Waals surface area contributed by atoms with E-state index in [-0.39, 0.29) is 5.54 Å². The monoisotopic (exact) mass is 274 g/mol. The van der Waals surface area contributed by atoms with Gasteiger partial charge in [-0.1, -0.05) is 50.1 Å². The molecule has 1 saturated carbocycles. The van der Waals surface area contributed by atoms with E-state index in [9.17, 15) is 0 Å². The van der Waals surface area contributed by atoms with E-state index in [0.29, 0.717) is 5.41 Å². The predicted molar refractivity (Wildman–Crippen MR) is 86.7 cm³/mol. The molecular weight excluding hydrogens is 244 g/mol. The minimum absolute atomic E-state index is 0.172. The highest BCUT2D eigenvalue weighted by Crippen LogP contribution is 2.43. The average Bonchev–Trinajstić information content (AvgIpc) is 2.37. The van der Waals surface area contributed by atoms with E-state index in [1.807, 2.05) is 0 Å². The topological polar surface area (TPSA) is 29.3 Å². The fraction of sp³-hybridized carbons (Fsp3) is 0.667. The van der Waals surface area contributed by atoms with E-state index >= 15 is 0 Å². The summed E-state index contributed by atoms with van der Waals surface area (Å²) in [5.74, 6) is 0. The first-order chi connectivity index (χ1) is 9.37. The smallest absolute Gasteiger partial charge is 0.0337 e. The fourth-order valence-corrected chi connectivity index (χ4v) is 3.87. The van der Waals surface area contributed by atoms with Crippen molar-refractivity contribution in [2.75, 3.05) is 13.6 Å². The zero-order chi connectivity index (χ0) is 14.8. The minimum atomic E-state index is 0.172. The van der Waals surface area contributed by atoms with Crippen molar-refractivity contribution in [2.45, 2.75) is 58.5 Å². The summed E-state index contributed by atoms with van der Waals surface area (Å²) >= 11 is 0. The van der Waals surface area contributed by atoms with Crippen molar-refractivity contribution in [1.82, 2.24) is 4.90 Å². The van der Waals surface area contributed by atoms with Gasteiger partial charge < -0.3 is 5.73 Å². The molecule has 1 aromatic carbocycles. The average molecular weight is 274 g/mol. The summed E-state index contributed by atoms with van der Waals surface area (Å²) in [7, 11) is 2.25. The maximum atomic E-state index is 6.20. The van der Waals surface area contributed by atoms with Gasteiger partial charge in [0.05, 0.1) is 0 Å². The summed E-state index contributed by atoms with van der Waals surface area (Å²) < 4.78 is 0. The lowest BCUT2D eigenvalue weighted by Gasteiger charge is -2.49. The zero-order valence-electron chi connectivity index (χ0n) is 13.6. The second-order valence-corrected chi connectivity index (χ2v) is 7.47. The molecule has 0 spiro atoms. The Morgan fingerprint density at radius 1 is 1.25 bits per heavy atom. The van der Waals surface area contributed by atoms with Crippen LogP contribution in [-0.2, 0) is 6.54 Å². The zero-order valence-corrected chi connectivity index (χ0v) is 13.6. The molecule has 1 unspecified atom stereocenters. The molecule has 0 aliphatic heterocycles. The predicted octanol–water partition coefficient (Wildman–Crippen LogP) is 3.72. The molecule has 112 valence electrons. The standard InChI is InChI=1S/C18H30N2/c1-15-7-5-8-16(11-15)12-20(4)18(14-19)10-6-9-17(2,3)13-18/h5,7-8,11H,6,9-10,12-14,19H2,1-4H3. The van der Waals surface area contributed by atoms with Gasteiger partial charge in [-0.3, -0.25) is 4.90 Å². The number of hydrogen-bond acceptors (Lipinski definition) is 2. The van der Waals surface area contributed by atoms with Crippen LogP contribution in [0.5, 0.6) is 0 Å². The van der Waals surface area contributed by atoms with E-state index in [1.165, 1.54) is 36.8 Å². The van der Waals surface area contributed by atoms with E-state index in [0.717, 1.165) is 13.1 Å². The second-order valence-electron chi connectivity index (χ2n) is 7.47. The van der Waals surface area contributed by atoms with Crippen molar-refractivity contribution in [3.8, 4) is 0 Å². The van der Waals surface area contributed by atoms with Gasteiger partial charge in [0, 0.05) is 18.6 Å². The van der Waals surface area contributed by atoms with Crippen LogP contribution >= 0.6 is 0 Å². The van der Waals surface area contributed by atoms with Crippen molar-refractivity contribution in [3.05, 3.63) is 35.4 Å². The highest BCUT2D eigenvalue weighted by Gasteiger charge is 2.41. The highest BCUT2D eigenvalue weighted by atomic mass is 15.2. The molecule has 1 aliphatic carbocycles. The molecule has 0 amide bonds. The number of benzene rings is 1. The van der Waals surface area contributed by atoms with Crippen LogP contribution in [0, 0.1) is 12.3 Å². The van der Waals surface area contributed by atoms with Crippen molar-refractivity contribution in [1.29, 1.82) is 0 Å². The number of hydrogen-bond donors (Lipinski definition) is 1. The Hall–Kier alpha value is -0.860. The lowest BCUT2D eigenvalue weighted by molar-refractivity contribution is 0.0223. The third-order valence-electron chi connectivity index (χ3n) is 5.00. The SMILES string of the molecule is Cc1cccc(CN(C)C2(CN)CCCC(C)(C)C2)c1. The van der Waals surface area contributed by atoms with Gasteiger partial charge in [0.15, 0.2) is 0 Å². The van der Waals surface area contributed by atoms with E-state index < -0.39 is 0 Å². The number of nitrogens with zero attached hydrogens (tertiary/aromatic N) is 1. The molecule has 2 N–H and O–H groups in total.